The summed E-state index contributed by atoms with van der Waals surface area (Å²) in [5.41, 5.74) is 4.99. The van der Waals surface area contributed by atoms with Crippen molar-refractivity contribution in [2.45, 2.75) is 26.8 Å². The number of amides is 1. The quantitative estimate of drug-likeness (QED) is 0.513. The minimum atomic E-state index is -0.420. The van der Waals surface area contributed by atoms with E-state index in [1.165, 1.54) is 12.1 Å². The third-order valence-electron chi connectivity index (χ3n) is 5.17. The van der Waals surface area contributed by atoms with E-state index < -0.39 is 4.92 Å². The maximum absolute atomic E-state index is 13.1. The summed E-state index contributed by atoms with van der Waals surface area (Å²) in [4.78, 5) is 25.6. The molecule has 1 aromatic heterocycles. The Morgan fingerprint density at radius 1 is 1.14 bits per heavy atom. The highest BCUT2D eigenvalue weighted by Crippen LogP contribution is 2.43. The molecule has 7 heteroatoms. The molecule has 29 heavy (non-hydrogen) atoms. The fourth-order valence-electron chi connectivity index (χ4n) is 3.83. The molecule has 7 nitrogen and oxygen atoms in total. The number of hydrogen-bond donors (Lipinski definition) is 1. The lowest BCUT2D eigenvalue weighted by molar-refractivity contribution is -0.384. The van der Waals surface area contributed by atoms with Gasteiger partial charge in [0.1, 0.15) is 5.69 Å². The van der Waals surface area contributed by atoms with E-state index in [-0.39, 0.29) is 23.6 Å². The molecule has 1 unspecified atom stereocenters. The van der Waals surface area contributed by atoms with Gasteiger partial charge >= 0.3 is 0 Å². The number of benzene rings is 2. The normalized spacial score (nSPS) is 15.8. The molecule has 1 aliphatic rings. The first-order valence-electron chi connectivity index (χ1n) is 9.57. The predicted octanol–water partition coefficient (Wildman–Crippen LogP) is 4.49. The van der Waals surface area contributed by atoms with Gasteiger partial charge in [0.15, 0.2) is 0 Å². The number of nitro benzene ring substituents is 1. The lowest BCUT2D eigenvalue weighted by atomic mass is 9.95. The number of nitro groups is 1. The lowest BCUT2D eigenvalue weighted by Gasteiger charge is -2.27. The van der Waals surface area contributed by atoms with Gasteiger partial charge in [-0.15, -0.1) is 0 Å². The summed E-state index contributed by atoms with van der Waals surface area (Å²) in [7, 11) is 0. The molecule has 1 N–H and O–H groups in total. The summed E-state index contributed by atoms with van der Waals surface area (Å²) < 4.78 is 0. The molecule has 1 atom stereocenters. The second kappa shape index (κ2) is 7.16. The fraction of sp³-hybridized carbons (Fsp3) is 0.273. The van der Waals surface area contributed by atoms with Crippen molar-refractivity contribution >= 4 is 11.6 Å². The summed E-state index contributed by atoms with van der Waals surface area (Å²) >= 11 is 0. The number of aromatic amines is 1. The molecular weight excluding hydrogens is 368 g/mol. The number of non-ortho nitro benzene ring substituents is 1. The number of aromatic nitrogens is 2. The van der Waals surface area contributed by atoms with Gasteiger partial charge in [-0.25, -0.2) is 0 Å². The predicted molar refractivity (Wildman–Crippen MR) is 110 cm³/mol. The van der Waals surface area contributed by atoms with Crippen molar-refractivity contribution in [3.05, 3.63) is 81.0 Å². The zero-order chi connectivity index (χ0) is 20.7. The zero-order valence-corrected chi connectivity index (χ0v) is 16.5. The lowest BCUT2D eigenvalue weighted by Crippen LogP contribution is -2.32. The van der Waals surface area contributed by atoms with E-state index in [1.807, 2.05) is 36.1 Å². The van der Waals surface area contributed by atoms with Gasteiger partial charge in [-0.3, -0.25) is 20.0 Å². The van der Waals surface area contributed by atoms with Gasteiger partial charge in [0.25, 0.3) is 11.6 Å². The maximum Gasteiger partial charge on any atom is 0.273 e. The Balaban J connectivity index is 1.85. The van der Waals surface area contributed by atoms with E-state index in [0.717, 1.165) is 27.9 Å². The standard InChI is InChI=1S/C22H22N4O3/c1-13(2)12-25-21(16-8-10-17(11-9-16)26(28)29)18-19(23-24-20(18)22(25)27)15-6-4-14(3)5-7-15/h4-11,13,21H,12H2,1-3H3,(H,23,24). The summed E-state index contributed by atoms with van der Waals surface area (Å²) in [5.74, 6) is 0.183. The number of fused-ring (bicyclic) bond motifs is 1. The zero-order valence-electron chi connectivity index (χ0n) is 16.5. The number of H-pyrrole nitrogens is 1. The van der Waals surface area contributed by atoms with Gasteiger partial charge in [0.05, 0.1) is 16.7 Å². The van der Waals surface area contributed by atoms with Crippen LogP contribution < -0.4 is 0 Å². The molecule has 0 saturated carbocycles. The van der Waals surface area contributed by atoms with Crippen LogP contribution in [0.5, 0.6) is 0 Å². The minimum absolute atomic E-state index is 0.0275. The fourth-order valence-corrected chi connectivity index (χ4v) is 3.83. The second-order valence-electron chi connectivity index (χ2n) is 7.83. The Kier molecular flexibility index (Phi) is 4.66. The number of rotatable bonds is 5. The molecule has 4 rings (SSSR count). The number of nitrogens with zero attached hydrogens (tertiary/aromatic N) is 3. The first-order valence-corrected chi connectivity index (χ1v) is 9.57. The van der Waals surface area contributed by atoms with Gasteiger partial charge in [-0.2, -0.15) is 5.10 Å². The van der Waals surface area contributed by atoms with Crippen molar-refractivity contribution in [2.24, 2.45) is 5.92 Å². The number of hydrogen-bond acceptors (Lipinski definition) is 4. The van der Waals surface area contributed by atoms with Crippen LogP contribution in [0.4, 0.5) is 5.69 Å². The Hall–Kier alpha value is -3.48. The van der Waals surface area contributed by atoms with Crippen LogP contribution in [0.25, 0.3) is 11.3 Å². The molecule has 1 aliphatic heterocycles. The molecule has 3 aromatic rings. The maximum atomic E-state index is 13.1. The molecule has 0 spiro atoms. The molecule has 0 fully saturated rings. The summed E-state index contributed by atoms with van der Waals surface area (Å²) in [6, 6.07) is 14.1. The monoisotopic (exact) mass is 390 g/mol. The third kappa shape index (κ3) is 3.29. The molecule has 0 radical (unpaired) electrons. The van der Waals surface area contributed by atoms with Gasteiger partial charge in [-0.1, -0.05) is 43.7 Å². The smallest absolute Gasteiger partial charge is 0.273 e. The van der Waals surface area contributed by atoms with Crippen LogP contribution in [-0.2, 0) is 0 Å². The Labute approximate surface area is 168 Å². The van der Waals surface area contributed by atoms with E-state index in [1.54, 1.807) is 12.1 Å². The molecule has 1 amide bonds. The van der Waals surface area contributed by atoms with Crippen LogP contribution in [0.3, 0.4) is 0 Å². The minimum Gasteiger partial charge on any atom is -0.326 e. The average Bonchev–Trinajstić information content (AvgIpc) is 3.22. The number of carbonyl (C=O) groups excluding carboxylic acids is 1. The van der Waals surface area contributed by atoms with Crippen molar-refractivity contribution < 1.29 is 9.72 Å². The van der Waals surface area contributed by atoms with E-state index in [2.05, 4.69) is 24.0 Å². The van der Waals surface area contributed by atoms with E-state index in [4.69, 9.17) is 0 Å². The molecule has 0 aliphatic carbocycles. The van der Waals surface area contributed by atoms with Crippen LogP contribution in [0.1, 0.15) is 47.1 Å². The highest BCUT2D eigenvalue weighted by atomic mass is 16.6. The topological polar surface area (TPSA) is 92.1 Å². The molecule has 0 saturated heterocycles. The molecule has 2 aromatic carbocycles. The van der Waals surface area contributed by atoms with Crippen molar-refractivity contribution in [2.75, 3.05) is 6.54 Å². The van der Waals surface area contributed by atoms with Crippen LogP contribution >= 0.6 is 0 Å². The second-order valence-corrected chi connectivity index (χ2v) is 7.83. The van der Waals surface area contributed by atoms with Crippen LogP contribution in [0.15, 0.2) is 48.5 Å². The van der Waals surface area contributed by atoms with Crippen molar-refractivity contribution in [3.8, 4) is 11.3 Å². The summed E-state index contributed by atoms with van der Waals surface area (Å²) in [5, 5.41) is 18.4. The number of aryl methyl sites for hydroxylation is 1. The van der Waals surface area contributed by atoms with Crippen LogP contribution in [0, 0.1) is 23.0 Å². The molecular formula is C22H22N4O3. The van der Waals surface area contributed by atoms with Gasteiger partial charge in [-0.05, 0) is 30.5 Å². The molecule has 148 valence electrons. The van der Waals surface area contributed by atoms with Crippen molar-refractivity contribution in [3.63, 3.8) is 0 Å². The van der Waals surface area contributed by atoms with E-state index >= 15 is 0 Å². The van der Waals surface area contributed by atoms with Gasteiger partial charge in [0.2, 0.25) is 0 Å². The highest BCUT2D eigenvalue weighted by molar-refractivity contribution is 6.00. The van der Waals surface area contributed by atoms with Crippen molar-refractivity contribution in [1.82, 2.24) is 15.1 Å². The van der Waals surface area contributed by atoms with E-state index in [0.29, 0.717) is 12.2 Å². The Bertz CT molecular complexity index is 1070. The largest absolute Gasteiger partial charge is 0.326 e. The van der Waals surface area contributed by atoms with Gasteiger partial charge in [0, 0.05) is 29.8 Å². The molecule has 2 heterocycles. The number of carbonyl (C=O) groups is 1. The Morgan fingerprint density at radius 3 is 2.38 bits per heavy atom. The first kappa shape index (κ1) is 18.9. The van der Waals surface area contributed by atoms with Crippen LogP contribution in [0.2, 0.25) is 0 Å². The van der Waals surface area contributed by atoms with Crippen molar-refractivity contribution in [1.29, 1.82) is 0 Å². The van der Waals surface area contributed by atoms with Crippen LogP contribution in [-0.4, -0.2) is 32.5 Å². The highest BCUT2D eigenvalue weighted by Gasteiger charge is 2.42. The third-order valence-corrected chi connectivity index (χ3v) is 5.17. The molecule has 0 bridgehead atoms. The summed E-state index contributed by atoms with van der Waals surface area (Å²) in [6.45, 7) is 6.72. The number of nitrogens with one attached hydrogen (secondary N) is 1. The average molecular weight is 390 g/mol. The summed E-state index contributed by atoms with van der Waals surface area (Å²) in [6.07, 6.45) is 0. The van der Waals surface area contributed by atoms with E-state index in [9.17, 15) is 14.9 Å². The van der Waals surface area contributed by atoms with Gasteiger partial charge < -0.3 is 4.90 Å². The first-order chi connectivity index (χ1) is 13.9. The SMILES string of the molecule is Cc1ccc(-c2n[nH]c3c2C(c2ccc([N+](=O)[O-])cc2)N(CC(C)C)C3=O)cc1. The Morgan fingerprint density at radius 2 is 1.79 bits per heavy atom.